The zero-order valence-electron chi connectivity index (χ0n) is 19.2. The van der Waals surface area contributed by atoms with E-state index in [9.17, 15) is 0 Å². The molecule has 0 unspecified atom stereocenters. The number of hydrogen-bond acceptors (Lipinski definition) is 5. The van der Waals surface area contributed by atoms with Crippen molar-refractivity contribution in [2.45, 2.75) is 26.2 Å². The Morgan fingerprint density at radius 3 is 1.42 bits per heavy atom. The first-order valence-corrected chi connectivity index (χ1v) is 11.4. The summed E-state index contributed by atoms with van der Waals surface area (Å²) in [5.41, 5.74) is 7.81. The summed E-state index contributed by atoms with van der Waals surface area (Å²) >= 11 is 0. The molecule has 0 spiro atoms. The molecule has 0 saturated carbocycles. The van der Waals surface area contributed by atoms with Crippen LogP contribution in [0.1, 0.15) is 22.8 Å². The number of rotatable bonds is 7. The Bertz CT molecular complexity index is 1120. The van der Waals surface area contributed by atoms with Crippen LogP contribution in [0.4, 0.5) is 17.1 Å². The minimum absolute atomic E-state index is 0.716. The average Bonchev–Trinajstić information content (AvgIpc) is 3.28. The number of para-hydroxylation sites is 3. The molecule has 4 aromatic rings. The number of hydrogen-bond donors (Lipinski definition) is 0. The maximum atomic E-state index is 5.17. The smallest absolute Gasteiger partial charge is 0.0834 e. The number of aromatic nitrogens is 2. The maximum absolute atomic E-state index is 5.17. The lowest BCUT2D eigenvalue weighted by atomic mass is 10.2. The van der Waals surface area contributed by atoms with Gasteiger partial charge in [0.1, 0.15) is 0 Å². The Kier molecular flexibility index (Phi) is 5.94. The van der Waals surface area contributed by atoms with E-state index >= 15 is 0 Å². The molecule has 0 saturated heterocycles. The van der Waals surface area contributed by atoms with Gasteiger partial charge >= 0.3 is 0 Å². The second kappa shape index (κ2) is 9.33. The third-order valence-corrected chi connectivity index (χ3v) is 6.18. The molecule has 0 amide bonds. The largest absolute Gasteiger partial charge is 0.369 e. The molecule has 0 radical (unpaired) electrons. The van der Waals surface area contributed by atoms with Gasteiger partial charge in [-0.2, -0.15) is 0 Å². The van der Waals surface area contributed by atoms with E-state index < -0.39 is 0 Å². The van der Waals surface area contributed by atoms with Crippen LogP contribution in [-0.4, -0.2) is 24.1 Å². The lowest BCUT2D eigenvalue weighted by Gasteiger charge is -2.23. The minimum atomic E-state index is 0.716. The van der Waals surface area contributed by atoms with E-state index in [1.807, 2.05) is 12.1 Å². The van der Waals surface area contributed by atoms with E-state index in [4.69, 9.17) is 9.97 Å². The van der Waals surface area contributed by atoms with Crippen LogP contribution < -0.4 is 14.7 Å². The van der Waals surface area contributed by atoms with Gasteiger partial charge in [-0.3, -0.25) is 9.97 Å². The van der Waals surface area contributed by atoms with Crippen molar-refractivity contribution < 1.29 is 0 Å². The van der Waals surface area contributed by atoms with Crippen molar-refractivity contribution in [2.75, 3.05) is 28.8 Å². The standard InChI is InChI=1S/C28H29N5/c1-31(22-12-6-3-7-13-22)18-25-26(19-32(2)23-14-8-4-9-15-23)30-28-21-33(20-27(28)29-25)24-16-10-5-11-17-24/h3-17H,18-21H2,1-2H3. The van der Waals surface area contributed by atoms with Crippen molar-refractivity contribution in [3.05, 3.63) is 114 Å². The summed E-state index contributed by atoms with van der Waals surface area (Å²) in [6.07, 6.45) is 0. The predicted octanol–water partition coefficient (Wildman–Crippen LogP) is 5.27. The first-order valence-electron chi connectivity index (χ1n) is 11.4. The van der Waals surface area contributed by atoms with E-state index in [2.05, 4.69) is 108 Å². The molecule has 1 aromatic heterocycles. The van der Waals surface area contributed by atoms with Gasteiger partial charge in [0.05, 0.1) is 49.0 Å². The highest BCUT2D eigenvalue weighted by molar-refractivity contribution is 5.51. The second-order valence-electron chi connectivity index (χ2n) is 8.59. The molecule has 0 aliphatic carbocycles. The highest BCUT2D eigenvalue weighted by Crippen LogP contribution is 2.28. The summed E-state index contributed by atoms with van der Waals surface area (Å²) < 4.78 is 0. The van der Waals surface area contributed by atoms with Crippen LogP contribution in [0.25, 0.3) is 0 Å². The molecule has 2 heterocycles. The van der Waals surface area contributed by atoms with Gasteiger partial charge in [-0.05, 0) is 36.4 Å². The molecular weight excluding hydrogens is 406 g/mol. The predicted molar refractivity (Wildman–Crippen MR) is 135 cm³/mol. The van der Waals surface area contributed by atoms with E-state index in [0.717, 1.165) is 35.9 Å². The van der Waals surface area contributed by atoms with E-state index in [1.54, 1.807) is 0 Å². The van der Waals surface area contributed by atoms with E-state index in [0.29, 0.717) is 13.1 Å². The lowest BCUT2D eigenvalue weighted by molar-refractivity contribution is 0.782. The van der Waals surface area contributed by atoms with Gasteiger partial charge in [0.15, 0.2) is 0 Å². The Labute approximate surface area is 196 Å². The summed E-state index contributed by atoms with van der Waals surface area (Å²) in [6.45, 7) is 3.02. The fraction of sp³-hybridized carbons (Fsp3) is 0.214. The molecule has 33 heavy (non-hydrogen) atoms. The Hall–Kier alpha value is -3.86. The van der Waals surface area contributed by atoms with Crippen molar-refractivity contribution in [1.29, 1.82) is 0 Å². The van der Waals surface area contributed by atoms with Gasteiger partial charge in [0.25, 0.3) is 0 Å². The topological polar surface area (TPSA) is 35.5 Å². The number of nitrogens with zero attached hydrogens (tertiary/aromatic N) is 5. The van der Waals surface area contributed by atoms with Crippen LogP contribution in [0.2, 0.25) is 0 Å². The maximum Gasteiger partial charge on any atom is 0.0834 e. The number of benzene rings is 3. The van der Waals surface area contributed by atoms with Crippen LogP contribution in [-0.2, 0) is 26.2 Å². The normalized spacial score (nSPS) is 12.5. The van der Waals surface area contributed by atoms with Crippen LogP contribution in [0.3, 0.4) is 0 Å². The Morgan fingerprint density at radius 1 is 0.606 bits per heavy atom. The zero-order valence-corrected chi connectivity index (χ0v) is 19.2. The summed E-state index contributed by atoms with van der Waals surface area (Å²) in [5, 5.41) is 0. The Balaban J connectivity index is 1.45. The first kappa shape index (κ1) is 21.0. The van der Waals surface area contributed by atoms with Crippen molar-refractivity contribution >= 4 is 17.1 Å². The molecule has 0 bridgehead atoms. The van der Waals surface area contributed by atoms with Crippen LogP contribution in [0, 0.1) is 0 Å². The quantitative estimate of drug-likeness (QED) is 0.395. The van der Waals surface area contributed by atoms with Gasteiger partial charge in [0.2, 0.25) is 0 Å². The fourth-order valence-corrected chi connectivity index (χ4v) is 4.33. The zero-order chi connectivity index (χ0) is 22.6. The minimum Gasteiger partial charge on any atom is -0.369 e. The first-order chi connectivity index (χ1) is 16.2. The second-order valence-corrected chi connectivity index (χ2v) is 8.59. The molecule has 166 valence electrons. The number of anilines is 3. The van der Waals surface area contributed by atoms with Gasteiger partial charge in [-0.1, -0.05) is 54.6 Å². The van der Waals surface area contributed by atoms with Gasteiger partial charge in [0, 0.05) is 31.2 Å². The van der Waals surface area contributed by atoms with Gasteiger partial charge in [-0.25, -0.2) is 0 Å². The van der Waals surface area contributed by atoms with Crippen molar-refractivity contribution in [3.63, 3.8) is 0 Å². The molecule has 1 aliphatic heterocycles. The number of fused-ring (bicyclic) bond motifs is 1. The Morgan fingerprint density at radius 2 is 1.00 bits per heavy atom. The van der Waals surface area contributed by atoms with Crippen molar-refractivity contribution in [3.8, 4) is 0 Å². The van der Waals surface area contributed by atoms with E-state index in [1.165, 1.54) is 17.1 Å². The summed E-state index contributed by atoms with van der Waals surface area (Å²) in [6, 6.07) is 31.4. The third kappa shape index (κ3) is 4.67. The summed E-state index contributed by atoms with van der Waals surface area (Å²) in [5.74, 6) is 0. The lowest BCUT2D eigenvalue weighted by Crippen LogP contribution is -2.24. The molecule has 0 atom stereocenters. The molecule has 5 nitrogen and oxygen atoms in total. The highest BCUT2D eigenvalue weighted by Gasteiger charge is 2.25. The molecular formula is C28H29N5. The molecule has 5 rings (SSSR count). The van der Waals surface area contributed by atoms with Crippen molar-refractivity contribution in [2.24, 2.45) is 0 Å². The molecule has 1 aliphatic rings. The van der Waals surface area contributed by atoms with Crippen LogP contribution >= 0.6 is 0 Å². The molecule has 0 fully saturated rings. The third-order valence-electron chi connectivity index (χ3n) is 6.18. The highest BCUT2D eigenvalue weighted by atomic mass is 15.2. The monoisotopic (exact) mass is 435 g/mol. The molecule has 0 N–H and O–H groups in total. The average molecular weight is 436 g/mol. The van der Waals surface area contributed by atoms with Crippen LogP contribution in [0.15, 0.2) is 91.0 Å². The van der Waals surface area contributed by atoms with Crippen LogP contribution in [0.5, 0.6) is 0 Å². The fourth-order valence-electron chi connectivity index (χ4n) is 4.33. The van der Waals surface area contributed by atoms with Gasteiger partial charge < -0.3 is 14.7 Å². The van der Waals surface area contributed by atoms with E-state index in [-0.39, 0.29) is 0 Å². The van der Waals surface area contributed by atoms with Crippen molar-refractivity contribution in [1.82, 2.24) is 9.97 Å². The SMILES string of the molecule is CN(Cc1nc2c(nc1CN(C)c1ccccc1)CN(c1ccccc1)C2)c1ccccc1. The molecule has 3 aromatic carbocycles. The summed E-state index contributed by atoms with van der Waals surface area (Å²) in [4.78, 5) is 17.2. The summed E-state index contributed by atoms with van der Waals surface area (Å²) in [7, 11) is 4.23. The van der Waals surface area contributed by atoms with Gasteiger partial charge in [-0.15, -0.1) is 0 Å². The molecule has 5 heteroatoms.